The number of sulfonamides is 1. The quantitative estimate of drug-likeness (QED) is 0.363. The lowest BCUT2D eigenvalue weighted by Gasteiger charge is -2.14. The van der Waals surface area contributed by atoms with Gasteiger partial charge in [0.15, 0.2) is 0 Å². The van der Waals surface area contributed by atoms with Crippen molar-refractivity contribution in [1.82, 2.24) is 0 Å². The van der Waals surface area contributed by atoms with E-state index in [0.717, 1.165) is 12.1 Å². The van der Waals surface area contributed by atoms with Gasteiger partial charge in [-0.1, -0.05) is 13.0 Å². The molecule has 2 aromatic carbocycles. The molecule has 12 heteroatoms. The number of ether oxygens (including phenoxy) is 1. The molecule has 0 aliphatic carbocycles. The monoisotopic (exact) mass is 430 g/mol. The van der Waals surface area contributed by atoms with Crippen LogP contribution in [0.1, 0.15) is 13.3 Å². The molecule has 0 aliphatic rings. The third-order valence-corrected chi connectivity index (χ3v) is 6.21. The first-order chi connectivity index (χ1) is 13.1. The van der Waals surface area contributed by atoms with Gasteiger partial charge in [-0.25, -0.2) is 8.42 Å². The Labute approximate surface area is 162 Å². The first kappa shape index (κ1) is 21.4. The Morgan fingerprint density at radius 3 is 2.39 bits per heavy atom. The summed E-state index contributed by atoms with van der Waals surface area (Å²) in [4.78, 5) is 9.69. The van der Waals surface area contributed by atoms with Crippen LogP contribution in [0.25, 0.3) is 0 Å². The lowest BCUT2D eigenvalue weighted by Crippen LogP contribution is -2.19. The van der Waals surface area contributed by atoms with Gasteiger partial charge in [-0.2, -0.15) is 8.42 Å². The third kappa shape index (κ3) is 5.33. The Morgan fingerprint density at radius 1 is 1.07 bits per heavy atom. The summed E-state index contributed by atoms with van der Waals surface area (Å²) < 4.78 is 61.7. The predicted molar refractivity (Wildman–Crippen MR) is 102 cm³/mol. The number of nitro benzene ring substituents is 1. The molecule has 0 heterocycles. The van der Waals surface area contributed by atoms with E-state index in [1.807, 2.05) is 0 Å². The zero-order valence-electron chi connectivity index (χ0n) is 15.0. The van der Waals surface area contributed by atoms with Crippen molar-refractivity contribution in [3.63, 3.8) is 0 Å². The van der Waals surface area contributed by atoms with Crippen LogP contribution in [-0.2, 0) is 20.1 Å². The van der Waals surface area contributed by atoms with E-state index in [2.05, 4.69) is 4.72 Å². The summed E-state index contributed by atoms with van der Waals surface area (Å²) in [6.45, 7) is 1.66. The van der Waals surface area contributed by atoms with Crippen LogP contribution in [-0.4, -0.2) is 34.6 Å². The molecule has 2 aromatic rings. The minimum absolute atomic E-state index is 0.213. The van der Waals surface area contributed by atoms with Gasteiger partial charge in [-0.05, 0) is 24.6 Å². The molecule has 0 aliphatic heterocycles. The van der Waals surface area contributed by atoms with Gasteiger partial charge in [0.1, 0.15) is 16.4 Å². The Balaban J connectivity index is 2.47. The number of hydrogen-bond donors (Lipinski definition) is 1. The molecule has 0 aromatic heterocycles. The van der Waals surface area contributed by atoms with Crippen LogP contribution in [0.5, 0.6) is 11.5 Å². The summed E-state index contributed by atoms with van der Waals surface area (Å²) in [6.07, 6.45) is 0.325. The number of rotatable bonds is 9. The first-order valence-corrected chi connectivity index (χ1v) is 11.0. The van der Waals surface area contributed by atoms with Gasteiger partial charge in [-0.3, -0.25) is 14.8 Å². The van der Waals surface area contributed by atoms with Crippen molar-refractivity contribution in [1.29, 1.82) is 0 Å². The molecular formula is C16H18N2O8S2. The molecule has 0 saturated heterocycles. The topological polar surface area (TPSA) is 142 Å². The number of non-ortho nitro benzene ring substituents is 1. The van der Waals surface area contributed by atoms with Crippen LogP contribution in [0.4, 0.5) is 11.4 Å². The normalized spacial score (nSPS) is 11.6. The zero-order valence-corrected chi connectivity index (χ0v) is 16.6. The SMILES string of the molecule is CCCS(=O)(=O)Nc1cc(OC)ccc1S(=O)(=O)Oc1cccc([N+](=O)[O-])c1. The Bertz CT molecular complexity index is 1080. The van der Waals surface area contributed by atoms with Crippen molar-refractivity contribution in [2.24, 2.45) is 0 Å². The summed E-state index contributed by atoms with van der Waals surface area (Å²) in [6, 6.07) is 8.27. The van der Waals surface area contributed by atoms with Crippen LogP contribution in [0.3, 0.4) is 0 Å². The lowest BCUT2D eigenvalue weighted by molar-refractivity contribution is -0.384. The largest absolute Gasteiger partial charge is 0.497 e. The summed E-state index contributed by atoms with van der Waals surface area (Å²) in [5, 5.41) is 10.8. The number of anilines is 1. The maximum absolute atomic E-state index is 12.7. The van der Waals surface area contributed by atoms with Crippen molar-refractivity contribution in [3.8, 4) is 11.5 Å². The second-order valence-corrected chi connectivity index (χ2v) is 8.93. The Hall–Kier alpha value is -2.86. The minimum atomic E-state index is -4.50. The summed E-state index contributed by atoms with van der Waals surface area (Å²) in [7, 11) is -6.96. The molecule has 0 unspecified atom stereocenters. The van der Waals surface area contributed by atoms with Crippen molar-refractivity contribution in [2.75, 3.05) is 17.6 Å². The van der Waals surface area contributed by atoms with Crippen LogP contribution >= 0.6 is 0 Å². The van der Waals surface area contributed by atoms with Gasteiger partial charge in [0.2, 0.25) is 10.0 Å². The molecule has 0 amide bonds. The standard InChI is InChI=1S/C16H18N2O8S2/c1-3-9-27(21,22)17-15-11-13(25-2)7-8-16(15)28(23,24)26-14-6-4-5-12(10-14)18(19)20/h4-8,10-11,17H,3,9H2,1-2H3. The highest BCUT2D eigenvalue weighted by molar-refractivity contribution is 7.92. The molecule has 0 spiro atoms. The molecule has 0 saturated carbocycles. The number of methoxy groups -OCH3 is 1. The summed E-state index contributed by atoms with van der Waals surface area (Å²) >= 11 is 0. The van der Waals surface area contributed by atoms with E-state index < -0.39 is 30.0 Å². The van der Waals surface area contributed by atoms with Gasteiger partial charge >= 0.3 is 10.1 Å². The Morgan fingerprint density at radius 2 is 1.79 bits per heavy atom. The zero-order chi connectivity index (χ0) is 20.9. The van der Waals surface area contributed by atoms with Gasteiger partial charge in [0, 0.05) is 12.1 Å². The van der Waals surface area contributed by atoms with E-state index >= 15 is 0 Å². The van der Waals surface area contributed by atoms with E-state index in [9.17, 15) is 26.9 Å². The highest BCUT2D eigenvalue weighted by Crippen LogP contribution is 2.30. The summed E-state index contributed by atoms with van der Waals surface area (Å²) in [5.74, 6) is -0.272. The van der Waals surface area contributed by atoms with E-state index in [4.69, 9.17) is 8.92 Å². The fourth-order valence-electron chi connectivity index (χ4n) is 2.24. The number of nitro groups is 1. The van der Waals surface area contributed by atoms with Crippen molar-refractivity contribution < 1.29 is 30.7 Å². The maximum Gasteiger partial charge on any atom is 0.341 e. The second kappa shape index (κ2) is 8.44. The third-order valence-electron chi connectivity index (χ3n) is 3.43. The van der Waals surface area contributed by atoms with Crippen LogP contribution < -0.4 is 13.6 Å². The first-order valence-electron chi connectivity index (χ1n) is 7.95. The molecule has 0 radical (unpaired) electrons. The molecule has 152 valence electrons. The molecule has 2 rings (SSSR count). The van der Waals surface area contributed by atoms with Gasteiger partial charge < -0.3 is 8.92 Å². The molecular weight excluding hydrogens is 412 g/mol. The van der Waals surface area contributed by atoms with E-state index in [1.165, 1.54) is 37.4 Å². The predicted octanol–water partition coefficient (Wildman–Crippen LogP) is 2.52. The van der Waals surface area contributed by atoms with Crippen LogP contribution in [0.2, 0.25) is 0 Å². The van der Waals surface area contributed by atoms with E-state index in [-0.39, 0.29) is 28.6 Å². The van der Waals surface area contributed by atoms with Crippen molar-refractivity contribution in [2.45, 2.75) is 18.2 Å². The number of nitrogens with zero attached hydrogens (tertiary/aromatic N) is 1. The molecule has 10 nitrogen and oxygen atoms in total. The Kier molecular flexibility index (Phi) is 6.46. The van der Waals surface area contributed by atoms with Crippen LogP contribution in [0.15, 0.2) is 47.4 Å². The average molecular weight is 430 g/mol. The number of nitrogens with one attached hydrogen (secondary N) is 1. The summed E-state index contributed by atoms with van der Waals surface area (Å²) in [5.41, 5.74) is -0.607. The smallest absolute Gasteiger partial charge is 0.341 e. The van der Waals surface area contributed by atoms with Crippen LogP contribution in [0, 0.1) is 10.1 Å². The number of benzene rings is 2. The lowest BCUT2D eigenvalue weighted by atomic mass is 10.3. The molecule has 28 heavy (non-hydrogen) atoms. The van der Waals surface area contributed by atoms with Crippen molar-refractivity contribution in [3.05, 3.63) is 52.6 Å². The van der Waals surface area contributed by atoms with Crippen molar-refractivity contribution >= 4 is 31.5 Å². The van der Waals surface area contributed by atoms with Gasteiger partial charge in [0.25, 0.3) is 5.69 Å². The fraction of sp³-hybridized carbons (Fsp3) is 0.250. The highest BCUT2D eigenvalue weighted by Gasteiger charge is 2.25. The highest BCUT2D eigenvalue weighted by atomic mass is 32.2. The minimum Gasteiger partial charge on any atom is -0.497 e. The molecule has 0 bridgehead atoms. The average Bonchev–Trinajstić information content (AvgIpc) is 2.60. The number of hydrogen-bond acceptors (Lipinski definition) is 8. The molecule has 1 N–H and O–H groups in total. The molecule has 0 atom stereocenters. The van der Waals surface area contributed by atoms with Gasteiger partial charge in [-0.15, -0.1) is 0 Å². The maximum atomic E-state index is 12.7. The van der Waals surface area contributed by atoms with E-state index in [0.29, 0.717) is 6.42 Å². The fourth-order valence-corrected chi connectivity index (χ4v) is 4.51. The second-order valence-electron chi connectivity index (χ2n) is 5.57. The van der Waals surface area contributed by atoms with E-state index in [1.54, 1.807) is 6.92 Å². The van der Waals surface area contributed by atoms with Gasteiger partial charge in [0.05, 0.1) is 29.5 Å². The molecule has 0 fully saturated rings.